The molecule has 114 valence electrons. The van der Waals surface area contributed by atoms with Crippen molar-refractivity contribution >= 4 is 41.2 Å². The molecule has 8 heteroatoms. The Morgan fingerprint density at radius 1 is 1.39 bits per heavy atom. The van der Waals surface area contributed by atoms with Crippen molar-refractivity contribution in [2.45, 2.75) is 6.61 Å². The summed E-state index contributed by atoms with van der Waals surface area (Å²) in [6, 6.07) is 7.64. The van der Waals surface area contributed by atoms with Gasteiger partial charge in [0, 0.05) is 12.7 Å². The zero-order chi connectivity index (χ0) is 15.7. The van der Waals surface area contributed by atoms with Crippen LogP contribution in [0.2, 0.25) is 0 Å². The number of ether oxygens (including phenoxy) is 1. The van der Waals surface area contributed by atoms with Crippen LogP contribution in [-0.4, -0.2) is 62.3 Å². The summed E-state index contributed by atoms with van der Waals surface area (Å²) < 4.78 is 19.9. The molecule has 0 aliphatic carbocycles. The van der Waals surface area contributed by atoms with Crippen LogP contribution in [0.3, 0.4) is 0 Å². The van der Waals surface area contributed by atoms with Crippen LogP contribution in [-0.2, 0) is 11.3 Å². The fourth-order valence-corrected chi connectivity index (χ4v) is 2.22. The molecular formula is C15H13FN3NaO3. The number of hydrogen-bond acceptors (Lipinski definition) is 4. The molecule has 0 radical (unpaired) electrons. The number of halogens is 1. The van der Waals surface area contributed by atoms with E-state index < -0.39 is 5.97 Å². The van der Waals surface area contributed by atoms with E-state index in [0.717, 1.165) is 0 Å². The van der Waals surface area contributed by atoms with E-state index in [2.05, 4.69) is 10.1 Å². The minimum absolute atomic E-state index is 0. The maximum atomic E-state index is 13.4. The predicted molar refractivity (Wildman–Crippen MR) is 83.2 cm³/mol. The van der Waals surface area contributed by atoms with Crippen molar-refractivity contribution in [3.8, 4) is 11.3 Å². The number of carboxylic acid groups (broad SMARTS) is 1. The molecule has 0 unspecified atom stereocenters. The number of nitrogens with zero attached hydrogens (tertiary/aromatic N) is 3. The summed E-state index contributed by atoms with van der Waals surface area (Å²) >= 11 is 0. The summed E-state index contributed by atoms with van der Waals surface area (Å²) in [6.07, 6.45) is 1.24. The van der Waals surface area contributed by atoms with E-state index in [1.807, 2.05) is 0 Å². The summed E-state index contributed by atoms with van der Waals surface area (Å²) in [5.41, 5.74) is 1.82. The molecule has 3 aromatic rings. The van der Waals surface area contributed by atoms with Crippen LogP contribution in [0.15, 0.2) is 36.5 Å². The Hall–Kier alpha value is -1.80. The first-order chi connectivity index (χ1) is 10.6. The van der Waals surface area contributed by atoms with Gasteiger partial charge in [-0.3, -0.25) is 0 Å². The molecule has 0 aliphatic heterocycles. The van der Waals surface area contributed by atoms with E-state index in [1.54, 1.807) is 18.2 Å². The number of carboxylic acids is 1. The molecule has 2 aromatic heterocycles. The molecule has 0 saturated carbocycles. The van der Waals surface area contributed by atoms with Crippen molar-refractivity contribution in [1.82, 2.24) is 14.6 Å². The van der Waals surface area contributed by atoms with Crippen LogP contribution in [0.4, 0.5) is 4.39 Å². The summed E-state index contributed by atoms with van der Waals surface area (Å²) in [6.45, 7) is 0.224. The van der Waals surface area contributed by atoms with E-state index in [-0.39, 0.29) is 53.2 Å². The van der Waals surface area contributed by atoms with Gasteiger partial charge in [0.15, 0.2) is 5.65 Å². The van der Waals surface area contributed by atoms with E-state index in [4.69, 9.17) is 4.74 Å². The van der Waals surface area contributed by atoms with Gasteiger partial charge >= 0.3 is 35.5 Å². The molecule has 3 rings (SSSR count). The molecule has 1 N–H and O–H groups in total. The molecule has 6 nitrogen and oxygen atoms in total. The second-order valence-electron chi connectivity index (χ2n) is 4.67. The molecule has 0 saturated heterocycles. The van der Waals surface area contributed by atoms with Crippen molar-refractivity contribution in [3.63, 3.8) is 0 Å². The Bertz CT molecular complexity index is 866. The Morgan fingerprint density at radius 3 is 2.83 bits per heavy atom. The number of aromatic carboxylic acids is 1. The van der Waals surface area contributed by atoms with Crippen LogP contribution >= 0.6 is 0 Å². The van der Waals surface area contributed by atoms with Gasteiger partial charge in [0.1, 0.15) is 11.4 Å². The van der Waals surface area contributed by atoms with Crippen LogP contribution in [0.5, 0.6) is 0 Å². The Balaban J connectivity index is 0.00000192. The third-order valence-electron chi connectivity index (χ3n) is 3.19. The number of carbonyl (C=O) groups is 1. The van der Waals surface area contributed by atoms with Crippen LogP contribution in [0.25, 0.3) is 16.9 Å². The van der Waals surface area contributed by atoms with E-state index in [9.17, 15) is 14.3 Å². The predicted octanol–water partition coefficient (Wildman–Crippen LogP) is 1.73. The van der Waals surface area contributed by atoms with Crippen molar-refractivity contribution in [2.24, 2.45) is 0 Å². The van der Waals surface area contributed by atoms with Crippen LogP contribution in [0, 0.1) is 5.82 Å². The second kappa shape index (κ2) is 7.18. The molecule has 0 atom stereocenters. The monoisotopic (exact) mass is 325 g/mol. The second-order valence-corrected chi connectivity index (χ2v) is 4.67. The summed E-state index contributed by atoms with van der Waals surface area (Å²) in [7, 11) is 1.52. The van der Waals surface area contributed by atoms with Gasteiger partial charge in [-0.05, 0) is 18.2 Å². The number of fused-ring (bicyclic) bond motifs is 1. The Kier molecular flexibility index (Phi) is 5.48. The first-order valence-electron chi connectivity index (χ1n) is 6.46. The zero-order valence-corrected chi connectivity index (χ0v) is 11.7. The van der Waals surface area contributed by atoms with E-state index in [0.29, 0.717) is 17.0 Å². The Morgan fingerprint density at radius 2 is 2.17 bits per heavy atom. The number of hydrogen-bond donors (Lipinski definition) is 1. The van der Waals surface area contributed by atoms with Crippen molar-refractivity contribution in [3.05, 3.63) is 53.6 Å². The van der Waals surface area contributed by atoms with Crippen molar-refractivity contribution in [1.29, 1.82) is 0 Å². The maximum absolute atomic E-state index is 13.4. The topological polar surface area (TPSA) is 76.7 Å². The van der Waals surface area contributed by atoms with Crippen LogP contribution < -0.4 is 0 Å². The molecule has 0 bridgehead atoms. The molecular weight excluding hydrogens is 312 g/mol. The normalized spacial score (nSPS) is 10.5. The quantitative estimate of drug-likeness (QED) is 0.739. The van der Waals surface area contributed by atoms with Gasteiger partial charge in [0.25, 0.3) is 0 Å². The van der Waals surface area contributed by atoms with Gasteiger partial charge in [-0.25, -0.2) is 18.7 Å². The number of rotatable bonds is 4. The number of benzene rings is 1. The average Bonchev–Trinajstić information content (AvgIpc) is 2.91. The van der Waals surface area contributed by atoms with Gasteiger partial charge in [-0.15, -0.1) is 0 Å². The third-order valence-corrected chi connectivity index (χ3v) is 3.19. The number of methoxy groups -OCH3 is 1. The molecule has 1 aromatic carbocycles. The molecule has 0 fully saturated rings. The summed E-state index contributed by atoms with van der Waals surface area (Å²) in [5.74, 6) is -1.51. The van der Waals surface area contributed by atoms with E-state index in [1.165, 1.54) is 30.0 Å². The zero-order valence-electron chi connectivity index (χ0n) is 11.7. The first kappa shape index (κ1) is 17.6. The first-order valence-corrected chi connectivity index (χ1v) is 6.46. The van der Waals surface area contributed by atoms with Crippen molar-refractivity contribution < 1.29 is 19.0 Å². The minimum atomic E-state index is -1.12. The fraction of sp³-hybridized carbons (Fsp3) is 0.133. The summed E-state index contributed by atoms with van der Waals surface area (Å²) in [5, 5.41) is 13.2. The van der Waals surface area contributed by atoms with Gasteiger partial charge in [0.05, 0.1) is 24.2 Å². The van der Waals surface area contributed by atoms with Gasteiger partial charge in [-0.2, -0.15) is 5.10 Å². The summed E-state index contributed by atoms with van der Waals surface area (Å²) in [4.78, 5) is 15.6. The molecule has 2 heterocycles. The van der Waals surface area contributed by atoms with E-state index >= 15 is 0 Å². The third kappa shape index (κ3) is 3.42. The SMILES string of the molecule is COCc1cc(-c2cccc(F)c2)nc2c(C(=O)O)cnn12.[NaH]. The number of aromatic nitrogens is 3. The van der Waals surface area contributed by atoms with Crippen LogP contribution in [0.1, 0.15) is 16.1 Å². The molecule has 23 heavy (non-hydrogen) atoms. The average molecular weight is 325 g/mol. The van der Waals surface area contributed by atoms with Crippen molar-refractivity contribution in [2.75, 3.05) is 7.11 Å². The molecule has 0 aliphatic rings. The molecule has 0 spiro atoms. The molecule has 0 amide bonds. The van der Waals surface area contributed by atoms with Gasteiger partial charge in [0.2, 0.25) is 0 Å². The fourth-order valence-electron chi connectivity index (χ4n) is 2.22. The standard InChI is InChI=1S/C15H12FN3O3.Na.H/c1-22-8-11-6-13(9-3-2-4-10(16)5-9)18-14-12(15(20)21)7-17-19(11)14;;/h2-7H,8H2,1H3,(H,20,21);;. The van der Waals surface area contributed by atoms with Gasteiger partial charge < -0.3 is 9.84 Å². The Labute approximate surface area is 153 Å². The van der Waals surface area contributed by atoms with Gasteiger partial charge in [-0.1, -0.05) is 12.1 Å².